The molecular weight excluding hydrogens is 224 g/mol. The molecule has 0 aliphatic carbocycles. The summed E-state index contributed by atoms with van der Waals surface area (Å²) in [6, 6.07) is 10.6. The van der Waals surface area contributed by atoms with Crippen LogP contribution in [0.4, 0.5) is 0 Å². The minimum atomic E-state index is -0.269. The van der Waals surface area contributed by atoms with Crippen LogP contribution in [0.15, 0.2) is 30.3 Å². The summed E-state index contributed by atoms with van der Waals surface area (Å²) < 4.78 is 0. The fourth-order valence-electron chi connectivity index (χ4n) is 2.50. The van der Waals surface area contributed by atoms with E-state index in [-0.39, 0.29) is 6.10 Å². The van der Waals surface area contributed by atoms with Crippen molar-refractivity contribution < 1.29 is 5.11 Å². The molecule has 2 unspecified atom stereocenters. The van der Waals surface area contributed by atoms with Gasteiger partial charge in [-0.1, -0.05) is 30.3 Å². The second-order valence-corrected chi connectivity index (χ2v) is 5.20. The van der Waals surface area contributed by atoms with Crippen LogP contribution in [-0.4, -0.2) is 42.3 Å². The van der Waals surface area contributed by atoms with Gasteiger partial charge in [0.25, 0.3) is 0 Å². The van der Waals surface area contributed by atoms with Gasteiger partial charge >= 0.3 is 0 Å². The second-order valence-electron chi connectivity index (χ2n) is 5.20. The molecule has 3 nitrogen and oxygen atoms in total. The lowest BCUT2D eigenvalue weighted by molar-refractivity contribution is 0.121. The Labute approximate surface area is 110 Å². The smallest absolute Gasteiger partial charge is 0.0791 e. The lowest BCUT2D eigenvalue weighted by Crippen LogP contribution is -2.37. The van der Waals surface area contributed by atoms with Crippen LogP contribution in [0, 0.1) is 0 Å². The van der Waals surface area contributed by atoms with Crippen molar-refractivity contribution >= 4 is 0 Å². The number of nitrogens with zero attached hydrogens (tertiary/aromatic N) is 1. The van der Waals surface area contributed by atoms with Gasteiger partial charge in [0.2, 0.25) is 0 Å². The second kappa shape index (κ2) is 6.88. The average molecular weight is 248 g/mol. The van der Waals surface area contributed by atoms with E-state index in [1.54, 1.807) is 0 Å². The molecule has 1 aromatic rings. The third kappa shape index (κ3) is 4.09. The lowest BCUT2D eigenvalue weighted by Gasteiger charge is -2.21. The fourth-order valence-corrected chi connectivity index (χ4v) is 2.50. The van der Waals surface area contributed by atoms with Crippen molar-refractivity contribution in [3.63, 3.8) is 0 Å². The third-order valence-electron chi connectivity index (χ3n) is 3.63. The van der Waals surface area contributed by atoms with Gasteiger partial charge in [0, 0.05) is 19.1 Å². The lowest BCUT2D eigenvalue weighted by atomic mass is 10.1. The van der Waals surface area contributed by atoms with Gasteiger partial charge in [-0.05, 0) is 38.4 Å². The Balaban J connectivity index is 1.70. The van der Waals surface area contributed by atoms with Gasteiger partial charge < -0.3 is 15.3 Å². The van der Waals surface area contributed by atoms with Crippen LogP contribution in [0.3, 0.4) is 0 Å². The molecule has 0 radical (unpaired) electrons. The summed E-state index contributed by atoms with van der Waals surface area (Å²) in [5, 5.41) is 13.4. The molecule has 0 aromatic heterocycles. The first-order valence-corrected chi connectivity index (χ1v) is 6.94. The van der Waals surface area contributed by atoms with Crippen LogP contribution < -0.4 is 5.32 Å². The highest BCUT2D eigenvalue weighted by atomic mass is 16.3. The van der Waals surface area contributed by atoms with Gasteiger partial charge in [-0.15, -0.1) is 0 Å². The summed E-state index contributed by atoms with van der Waals surface area (Å²) in [5.41, 5.74) is 1.27. The number of aliphatic hydroxyl groups excluding tert-OH is 1. The van der Waals surface area contributed by atoms with Crippen LogP contribution >= 0.6 is 0 Å². The number of hydrogen-bond acceptors (Lipinski definition) is 3. The van der Waals surface area contributed by atoms with E-state index < -0.39 is 0 Å². The summed E-state index contributed by atoms with van der Waals surface area (Å²) in [7, 11) is 0. The Morgan fingerprint density at radius 1 is 1.22 bits per heavy atom. The molecule has 1 aromatic carbocycles. The van der Waals surface area contributed by atoms with Crippen molar-refractivity contribution in [3.05, 3.63) is 35.9 Å². The van der Waals surface area contributed by atoms with Crippen LogP contribution in [0.25, 0.3) is 0 Å². The number of nitrogens with one attached hydrogen (secondary N) is 1. The number of rotatable bonds is 6. The topological polar surface area (TPSA) is 35.5 Å². The van der Waals surface area contributed by atoms with E-state index in [9.17, 15) is 5.11 Å². The van der Waals surface area contributed by atoms with Gasteiger partial charge in [0.05, 0.1) is 6.10 Å². The van der Waals surface area contributed by atoms with Crippen molar-refractivity contribution in [2.24, 2.45) is 0 Å². The normalized spacial score (nSPS) is 19.9. The number of hydrogen-bond donors (Lipinski definition) is 2. The Bertz CT molecular complexity index is 336. The van der Waals surface area contributed by atoms with Gasteiger partial charge in [0.1, 0.15) is 0 Å². The van der Waals surface area contributed by atoms with E-state index in [1.807, 2.05) is 18.2 Å². The summed E-state index contributed by atoms with van der Waals surface area (Å²) in [4.78, 5) is 2.35. The maximum Gasteiger partial charge on any atom is 0.0791 e. The molecule has 18 heavy (non-hydrogen) atoms. The van der Waals surface area contributed by atoms with Gasteiger partial charge in [-0.3, -0.25) is 0 Å². The molecule has 0 saturated carbocycles. The molecule has 0 bridgehead atoms. The molecule has 1 heterocycles. The molecule has 2 atom stereocenters. The van der Waals surface area contributed by atoms with Crippen molar-refractivity contribution in [1.82, 2.24) is 10.2 Å². The molecule has 0 spiro atoms. The van der Waals surface area contributed by atoms with Crippen LogP contribution in [0.1, 0.15) is 31.4 Å². The van der Waals surface area contributed by atoms with E-state index in [0.29, 0.717) is 12.6 Å². The maximum atomic E-state index is 10.0. The zero-order valence-electron chi connectivity index (χ0n) is 11.2. The Hall–Kier alpha value is -0.900. The standard InChI is InChI=1S/C15H24N2O/c1-13(14-7-3-2-4-8-14)16-11-15(18)12-17-9-5-6-10-17/h2-4,7-8,13,15-16,18H,5-6,9-12H2,1H3. The maximum absolute atomic E-state index is 10.0. The summed E-state index contributed by atoms with van der Waals surface area (Å²) in [5.74, 6) is 0. The van der Waals surface area contributed by atoms with Crippen molar-refractivity contribution in [3.8, 4) is 0 Å². The number of β-amino-alcohol motifs (C(OH)–C–C–N with tert-alkyl or cyclic N) is 1. The summed E-state index contributed by atoms with van der Waals surface area (Å²) >= 11 is 0. The highest BCUT2D eigenvalue weighted by molar-refractivity contribution is 5.17. The average Bonchev–Trinajstić information content (AvgIpc) is 2.90. The first-order chi connectivity index (χ1) is 8.75. The van der Waals surface area contributed by atoms with E-state index in [0.717, 1.165) is 19.6 Å². The quantitative estimate of drug-likeness (QED) is 0.806. The molecule has 100 valence electrons. The van der Waals surface area contributed by atoms with E-state index in [4.69, 9.17) is 0 Å². The SMILES string of the molecule is CC(NCC(O)CN1CCCC1)c1ccccc1. The van der Waals surface area contributed by atoms with E-state index >= 15 is 0 Å². The fraction of sp³-hybridized carbons (Fsp3) is 0.600. The molecule has 3 heteroatoms. The predicted molar refractivity (Wildman–Crippen MR) is 74.5 cm³/mol. The Morgan fingerprint density at radius 2 is 1.89 bits per heavy atom. The zero-order chi connectivity index (χ0) is 12.8. The van der Waals surface area contributed by atoms with Crippen LogP contribution in [0.5, 0.6) is 0 Å². The summed E-state index contributed by atoms with van der Waals surface area (Å²) in [6.45, 7) is 5.88. The highest BCUT2D eigenvalue weighted by Gasteiger charge is 2.16. The van der Waals surface area contributed by atoms with Gasteiger partial charge in [0.15, 0.2) is 0 Å². The molecule has 1 fully saturated rings. The summed E-state index contributed by atoms with van der Waals surface area (Å²) in [6.07, 6.45) is 2.29. The Kier molecular flexibility index (Phi) is 5.17. The highest BCUT2D eigenvalue weighted by Crippen LogP contribution is 2.11. The first-order valence-electron chi connectivity index (χ1n) is 6.94. The molecular formula is C15H24N2O. The number of likely N-dealkylation sites (tertiary alicyclic amines) is 1. The minimum Gasteiger partial charge on any atom is -0.390 e. The number of aliphatic hydroxyl groups is 1. The molecule has 1 saturated heterocycles. The van der Waals surface area contributed by atoms with E-state index in [1.165, 1.54) is 18.4 Å². The largest absolute Gasteiger partial charge is 0.390 e. The van der Waals surface area contributed by atoms with Crippen molar-refractivity contribution in [2.75, 3.05) is 26.2 Å². The predicted octanol–water partition coefficient (Wildman–Crippen LogP) is 1.79. The number of benzene rings is 1. The van der Waals surface area contributed by atoms with Crippen LogP contribution in [0.2, 0.25) is 0 Å². The van der Waals surface area contributed by atoms with Gasteiger partial charge in [-0.2, -0.15) is 0 Å². The molecule has 0 amide bonds. The molecule has 2 rings (SSSR count). The van der Waals surface area contributed by atoms with Crippen molar-refractivity contribution in [1.29, 1.82) is 0 Å². The van der Waals surface area contributed by atoms with Crippen LogP contribution in [-0.2, 0) is 0 Å². The monoisotopic (exact) mass is 248 g/mol. The Morgan fingerprint density at radius 3 is 2.56 bits per heavy atom. The van der Waals surface area contributed by atoms with Crippen molar-refractivity contribution in [2.45, 2.75) is 31.9 Å². The third-order valence-corrected chi connectivity index (χ3v) is 3.63. The first kappa shape index (κ1) is 13.5. The molecule has 1 aliphatic heterocycles. The molecule has 2 N–H and O–H groups in total. The van der Waals surface area contributed by atoms with Gasteiger partial charge in [-0.25, -0.2) is 0 Å². The van der Waals surface area contributed by atoms with E-state index in [2.05, 4.69) is 29.3 Å². The molecule has 1 aliphatic rings. The minimum absolute atomic E-state index is 0.269. The zero-order valence-corrected chi connectivity index (χ0v) is 11.2.